The maximum absolute atomic E-state index is 14.5. The summed E-state index contributed by atoms with van der Waals surface area (Å²) in [5.41, 5.74) is -0.0464. The van der Waals surface area contributed by atoms with Crippen molar-refractivity contribution in [2.45, 2.75) is 36.6 Å². The Bertz CT molecular complexity index is 1020. The highest BCUT2D eigenvalue weighted by molar-refractivity contribution is 7.97. The maximum Gasteiger partial charge on any atom is 0.274 e. The molecule has 1 aliphatic heterocycles. The molecule has 2 aromatic carbocycles. The van der Waals surface area contributed by atoms with Crippen LogP contribution in [0.15, 0.2) is 41.3 Å². The van der Waals surface area contributed by atoms with E-state index in [1.165, 1.54) is 11.9 Å². The highest BCUT2D eigenvalue weighted by atomic mass is 32.2. The van der Waals surface area contributed by atoms with Crippen molar-refractivity contribution >= 4 is 35.7 Å². The molecule has 0 spiro atoms. The van der Waals surface area contributed by atoms with Gasteiger partial charge in [-0.05, 0) is 36.7 Å². The molecule has 0 bridgehead atoms. The second kappa shape index (κ2) is 9.56. The second-order valence-electron chi connectivity index (χ2n) is 7.24. The third-order valence-electron chi connectivity index (χ3n) is 5.32. The predicted molar refractivity (Wildman–Crippen MR) is 114 cm³/mol. The Balaban J connectivity index is 1.85. The highest BCUT2D eigenvalue weighted by Gasteiger charge is 2.44. The number of hydrogen-bond acceptors (Lipinski definition) is 8. The molecule has 1 unspecified atom stereocenters. The normalized spacial score (nSPS) is 18.7. The number of halogens is 1. The van der Waals surface area contributed by atoms with Crippen LogP contribution >= 0.6 is 11.9 Å². The molecule has 1 heterocycles. The molecule has 164 valence electrons. The number of carbonyl (C=O) groups is 3. The Kier molecular flexibility index (Phi) is 7.06. The van der Waals surface area contributed by atoms with Crippen LogP contribution in [0.2, 0.25) is 0 Å². The Hall–Kier alpha value is -2.79. The highest BCUT2D eigenvalue weighted by Crippen LogP contribution is 2.28. The first kappa shape index (κ1) is 22.9. The third-order valence-corrected chi connectivity index (χ3v) is 5.89. The lowest BCUT2D eigenvalue weighted by atomic mass is 9.98. The van der Waals surface area contributed by atoms with Crippen molar-refractivity contribution < 1.29 is 23.9 Å². The van der Waals surface area contributed by atoms with Gasteiger partial charge in [0, 0.05) is 42.7 Å². The number of nitrogens with one attached hydrogen (secondary N) is 2. The monoisotopic (exact) mass is 446 g/mol. The largest absolute Gasteiger partial charge is 0.381 e. The van der Waals surface area contributed by atoms with Crippen LogP contribution in [0.3, 0.4) is 0 Å². The molecule has 1 atom stereocenters. The number of aliphatic hydroxyl groups is 1. The third kappa shape index (κ3) is 4.77. The first-order chi connectivity index (χ1) is 14.8. The van der Waals surface area contributed by atoms with Gasteiger partial charge in [-0.1, -0.05) is 24.3 Å². The van der Waals surface area contributed by atoms with E-state index in [0.29, 0.717) is 33.6 Å². The van der Waals surface area contributed by atoms with E-state index in [4.69, 9.17) is 5.14 Å². The molecule has 31 heavy (non-hydrogen) atoms. The lowest BCUT2D eigenvalue weighted by molar-refractivity contribution is -0.171. The molecule has 1 aliphatic rings. The summed E-state index contributed by atoms with van der Waals surface area (Å²) in [7, 11) is 1.53. The van der Waals surface area contributed by atoms with E-state index in [1.807, 2.05) is 0 Å². The molecule has 8 nitrogen and oxygen atoms in total. The van der Waals surface area contributed by atoms with Gasteiger partial charge >= 0.3 is 0 Å². The van der Waals surface area contributed by atoms with Crippen LogP contribution in [-0.4, -0.2) is 40.9 Å². The van der Waals surface area contributed by atoms with E-state index in [2.05, 4.69) is 10.6 Å². The van der Waals surface area contributed by atoms with Crippen LogP contribution in [0.4, 0.5) is 10.1 Å². The minimum Gasteiger partial charge on any atom is -0.381 e. The Morgan fingerprint density at radius 3 is 2.74 bits per heavy atom. The summed E-state index contributed by atoms with van der Waals surface area (Å²) < 4.78 is 14.5. The zero-order chi connectivity index (χ0) is 22.6. The number of carbonyl (C=O) groups excluding carboxylic acids is 3. The van der Waals surface area contributed by atoms with E-state index in [9.17, 15) is 23.9 Å². The number of nitrogens with zero attached hydrogens (tertiary/aromatic N) is 1. The molecule has 1 fully saturated rings. The summed E-state index contributed by atoms with van der Waals surface area (Å²) in [6, 6.07) is 9.93. The molecule has 5 N–H and O–H groups in total. The second-order valence-corrected chi connectivity index (χ2v) is 7.92. The fourth-order valence-electron chi connectivity index (χ4n) is 3.45. The summed E-state index contributed by atoms with van der Waals surface area (Å²) in [6.07, 6.45) is 0.617. The van der Waals surface area contributed by atoms with E-state index >= 15 is 0 Å². The van der Waals surface area contributed by atoms with Gasteiger partial charge in [0.15, 0.2) is 5.72 Å². The van der Waals surface area contributed by atoms with Gasteiger partial charge in [-0.15, -0.1) is 0 Å². The Morgan fingerprint density at radius 2 is 2.06 bits per heavy atom. The van der Waals surface area contributed by atoms with Crippen LogP contribution in [0.1, 0.15) is 34.3 Å². The summed E-state index contributed by atoms with van der Waals surface area (Å²) in [4.78, 5) is 37.0. The first-order valence-corrected chi connectivity index (χ1v) is 10.4. The van der Waals surface area contributed by atoms with E-state index in [1.54, 1.807) is 36.4 Å². The van der Waals surface area contributed by atoms with Crippen molar-refractivity contribution in [3.63, 3.8) is 0 Å². The number of benzene rings is 2. The minimum atomic E-state index is -1.89. The molecule has 3 rings (SSSR count). The van der Waals surface area contributed by atoms with Crippen molar-refractivity contribution in [3.8, 4) is 0 Å². The topological polar surface area (TPSA) is 125 Å². The zero-order valence-electron chi connectivity index (χ0n) is 16.9. The molecule has 2 aromatic rings. The number of aldehydes is 1. The van der Waals surface area contributed by atoms with Crippen molar-refractivity contribution in [2.75, 3.05) is 12.4 Å². The average molecular weight is 447 g/mol. The zero-order valence-corrected chi connectivity index (χ0v) is 17.7. The average Bonchev–Trinajstić information content (AvgIpc) is 2.76. The molecular weight excluding hydrogens is 423 g/mol. The van der Waals surface area contributed by atoms with Crippen LogP contribution in [-0.2, 0) is 22.7 Å². The maximum atomic E-state index is 14.5. The van der Waals surface area contributed by atoms with Crippen LogP contribution < -0.4 is 15.8 Å². The first-order valence-electron chi connectivity index (χ1n) is 9.53. The number of amides is 2. The number of hydrogen-bond donors (Lipinski definition) is 4. The number of imide groups is 1. The smallest absolute Gasteiger partial charge is 0.274 e. The lowest BCUT2D eigenvalue weighted by Gasteiger charge is -2.38. The summed E-state index contributed by atoms with van der Waals surface area (Å²) in [6.45, 7) is 0.176. The van der Waals surface area contributed by atoms with Crippen LogP contribution in [0.5, 0.6) is 0 Å². The van der Waals surface area contributed by atoms with Gasteiger partial charge in [-0.25, -0.2) is 4.39 Å². The van der Waals surface area contributed by atoms with Gasteiger partial charge in [0.05, 0.1) is 4.90 Å². The molecule has 0 aliphatic carbocycles. The van der Waals surface area contributed by atoms with E-state index < -0.39 is 23.4 Å². The van der Waals surface area contributed by atoms with Crippen molar-refractivity contribution in [1.82, 2.24) is 10.2 Å². The Labute approximate surface area is 183 Å². The Morgan fingerprint density at radius 1 is 1.32 bits per heavy atom. The standard InChI is InChI=1S/C21H23FN4O4S/c1-26(21(30)9-8-18(28)25-20(21)29)11-15-14(12-27)5-2-6-16(15)24-10-13-4-3-7-17(31-23)19(13)22/h2-7,12,24,30H,8-11,23H2,1H3,(H,25,28,29). The summed E-state index contributed by atoms with van der Waals surface area (Å²) >= 11 is 0.819. The van der Waals surface area contributed by atoms with E-state index in [0.717, 1.165) is 11.9 Å². The van der Waals surface area contributed by atoms with Crippen molar-refractivity contribution in [1.29, 1.82) is 0 Å². The molecule has 2 amide bonds. The molecular formula is C21H23FN4O4S. The fraction of sp³-hybridized carbons (Fsp3) is 0.286. The van der Waals surface area contributed by atoms with Gasteiger partial charge in [-0.2, -0.15) is 0 Å². The number of rotatable bonds is 8. The molecule has 10 heteroatoms. The predicted octanol–water partition coefficient (Wildman–Crippen LogP) is 1.77. The SMILES string of the molecule is CN(Cc1c(C=O)cccc1NCc1cccc(SN)c1F)C1(O)CCC(=O)NC1=O. The van der Waals surface area contributed by atoms with Crippen molar-refractivity contribution in [3.05, 3.63) is 58.9 Å². The number of nitrogens with two attached hydrogens (primary N) is 1. The van der Waals surface area contributed by atoms with Gasteiger partial charge in [0.2, 0.25) is 5.91 Å². The fourth-order valence-corrected chi connectivity index (χ4v) is 3.85. The number of likely N-dealkylation sites (N-methyl/N-ethyl adjacent to an activating group) is 1. The van der Waals surface area contributed by atoms with E-state index in [-0.39, 0.29) is 25.9 Å². The summed E-state index contributed by atoms with van der Waals surface area (Å²) in [5.74, 6) is -1.67. The molecule has 0 saturated carbocycles. The minimum absolute atomic E-state index is 0.00177. The number of anilines is 1. The number of piperidine rings is 1. The molecule has 0 radical (unpaired) electrons. The molecule has 1 saturated heterocycles. The molecule has 0 aromatic heterocycles. The van der Waals surface area contributed by atoms with Crippen molar-refractivity contribution in [2.24, 2.45) is 5.14 Å². The van der Waals surface area contributed by atoms with Crippen LogP contribution in [0.25, 0.3) is 0 Å². The quantitative estimate of drug-likeness (QED) is 0.209. The lowest BCUT2D eigenvalue weighted by Crippen LogP contribution is -2.61. The van der Waals surface area contributed by atoms with Gasteiger partial charge in [0.1, 0.15) is 12.1 Å². The van der Waals surface area contributed by atoms with Crippen LogP contribution in [0, 0.1) is 5.82 Å². The van der Waals surface area contributed by atoms with Gasteiger partial charge in [-0.3, -0.25) is 29.7 Å². The van der Waals surface area contributed by atoms with Gasteiger partial charge in [0.25, 0.3) is 5.91 Å². The van der Waals surface area contributed by atoms with Gasteiger partial charge < -0.3 is 10.4 Å². The summed E-state index contributed by atoms with van der Waals surface area (Å²) in [5, 5.41) is 21.6.